The lowest BCUT2D eigenvalue weighted by Crippen LogP contribution is -2.31. The molecular formula is C14H19BrN2O. The smallest absolute Gasteiger partial charge is 0.256 e. The highest BCUT2D eigenvalue weighted by Gasteiger charge is 2.34. The summed E-state index contributed by atoms with van der Waals surface area (Å²) in [6.07, 6.45) is 2.77. The zero-order valence-corrected chi connectivity index (χ0v) is 12.7. The number of amides is 1. The van der Waals surface area contributed by atoms with Gasteiger partial charge in [-0.25, -0.2) is 4.98 Å². The number of aromatic nitrogens is 1. The Hall–Kier alpha value is -0.900. The number of likely N-dealkylation sites (tertiary alicyclic amines) is 1. The summed E-state index contributed by atoms with van der Waals surface area (Å²) in [4.78, 5) is 18.4. The topological polar surface area (TPSA) is 33.2 Å². The fourth-order valence-electron chi connectivity index (χ4n) is 2.37. The molecule has 1 aromatic rings. The van der Waals surface area contributed by atoms with Crippen LogP contribution < -0.4 is 0 Å². The first-order chi connectivity index (χ1) is 8.39. The van der Waals surface area contributed by atoms with Crippen LogP contribution in [0, 0.1) is 11.3 Å². The molecule has 0 bridgehead atoms. The Balaban J connectivity index is 2.11. The van der Waals surface area contributed by atoms with Crippen molar-refractivity contribution in [2.45, 2.75) is 27.2 Å². The summed E-state index contributed by atoms with van der Waals surface area (Å²) in [6.45, 7) is 8.43. The Morgan fingerprint density at radius 2 is 2.22 bits per heavy atom. The van der Waals surface area contributed by atoms with Crippen LogP contribution in [0.1, 0.15) is 37.6 Å². The van der Waals surface area contributed by atoms with Crippen LogP contribution in [0.3, 0.4) is 0 Å². The largest absolute Gasteiger partial charge is 0.338 e. The van der Waals surface area contributed by atoms with Crippen molar-refractivity contribution >= 4 is 21.8 Å². The van der Waals surface area contributed by atoms with Gasteiger partial charge >= 0.3 is 0 Å². The van der Waals surface area contributed by atoms with E-state index in [1.165, 1.54) is 0 Å². The molecule has 1 saturated heterocycles. The molecule has 1 atom stereocenters. The molecule has 0 aliphatic carbocycles. The van der Waals surface area contributed by atoms with Gasteiger partial charge < -0.3 is 4.90 Å². The van der Waals surface area contributed by atoms with Crippen LogP contribution in [0.15, 0.2) is 22.9 Å². The van der Waals surface area contributed by atoms with Crippen molar-refractivity contribution in [3.05, 3.63) is 28.5 Å². The molecule has 1 aliphatic heterocycles. The number of pyridine rings is 1. The molecule has 0 radical (unpaired) electrons. The summed E-state index contributed by atoms with van der Waals surface area (Å²) in [5.74, 6) is 0.665. The van der Waals surface area contributed by atoms with E-state index >= 15 is 0 Å². The van der Waals surface area contributed by atoms with Gasteiger partial charge in [-0.3, -0.25) is 4.79 Å². The van der Waals surface area contributed by atoms with E-state index in [1.807, 2.05) is 11.0 Å². The van der Waals surface area contributed by atoms with Crippen molar-refractivity contribution in [1.29, 1.82) is 0 Å². The second-order valence-corrected chi connectivity index (χ2v) is 6.70. The molecule has 3 nitrogen and oxygen atoms in total. The molecule has 0 aromatic carbocycles. The van der Waals surface area contributed by atoms with Crippen molar-refractivity contribution in [3.63, 3.8) is 0 Å². The Kier molecular flexibility index (Phi) is 3.76. The van der Waals surface area contributed by atoms with Gasteiger partial charge in [-0.1, -0.05) is 20.8 Å². The predicted octanol–water partition coefficient (Wildman–Crippen LogP) is 3.35. The fraction of sp³-hybridized carbons (Fsp3) is 0.571. The first kappa shape index (κ1) is 13.5. The standard InChI is InChI=1S/C14H19BrN2O/c1-14(2,3)10-6-8-17(9-10)13(18)11-5-4-7-16-12(11)15/h4-5,7,10H,6,8-9H2,1-3H3. The lowest BCUT2D eigenvalue weighted by molar-refractivity contribution is 0.0775. The zero-order valence-electron chi connectivity index (χ0n) is 11.1. The molecule has 1 unspecified atom stereocenters. The van der Waals surface area contributed by atoms with Gasteiger partial charge in [0.25, 0.3) is 5.91 Å². The number of nitrogens with zero attached hydrogens (tertiary/aromatic N) is 2. The summed E-state index contributed by atoms with van der Waals surface area (Å²) < 4.78 is 0.634. The van der Waals surface area contributed by atoms with Crippen LogP contribution in [0.4, 0.5) is 0 Å². The first-order valence-corrected chi connectivity index (χ1v) is 7.08. The minimum atomic E-state index is 0.0849. The van der Waals surface area contributed by atoms with Gasteiger partial charge in [0.2, 0.25) is 0 Å². The maximum absolute atomic E-state index is 12.4. The van der Waals surface area contributed by atoms with Crippen molar-refractivity contribution in [3.8, 4) is 0 Å². The molecule has 2 rings (SSSR count). The van der Waals surface area contributed by atoms with E-state index in [4.69, 9.17) is 0 Å². The Labute approximate surface area is 117 Å². The zero-order chi connectivity index (χ0) is 13.3. The van der Waals surface area contributed by atoms with Gasteiger partial charge in [-0.2, -0.15) is 0 Å². The number of carbonyl (C=O) groups is 1. The molecule has 4 heteroatoms. The van der Waals surface area contributed by atoms with Crippen LogP contribution in [-0.2, 0) is 0 Å². The van der Waals surface area contributed by atoms with E-state index in [0.717, 1.165) is 19.5 Å². The molecule has 0 spiro atoms. The molecule has 1 aliphatic rings. The van der Waals surface area contributed by atoms with E-state index in [-0.39, 0.29) is 11.3 Å². The Morgan fingerprint density at radius 1 is 1.50 bits per heavy atom. The maximum atomic E-state index is 12.4. The third-order valence-corrected chi connectivity index (χ3v) is 4.32. The number of carbonyl (C=O) groups excluding carboxylic acids is 1. The summed E-state index contributed by atoms with van der Waals surface area (Å²) >= 11 is 3.34. The van der Waals surface area contributed by atoms with Gasteiger partial charge in [-0.15, -0.1) is 0 Å². The number of hydrogen-bond donors (Lipinski definition) is 0. The van der Waals surface area contributed by atoms with E-state index in [2.05, 4.69) is 41.7 Å². The van der Waals surface area contributed by atoms with E-state index in [1.54, 1.807) is 12.3 Å². The van der Waals surface area contributed by atoms with E-state index in [9.17, 15) is 4.79 Å². The molecule has 1 amide bonds. The molecule has 1 fully saturated rings. The normalized spacial score (nSPS) is 20.2. The number of hydrogen-bond acceptors (Lipinski definition) is 2. The summed E-state index contributed by atoms with van der Waals surface area (Å²) in [7, 11) is 0. The number of rotatable bonds is 1. The predicted molar refractivity (Wildman–Crippen MR) is 75.4 cm³/mol. The van der Waals surface area contributed by atoms with Gasteiger partial charge in [-0.05, 0) is 45.8 Å². The van der Waals surface area contributed by atoms with E-state index < -0.39 is 0 Å². The van der Waals surface area contributed by atoms with Crippen molar-refractivity contribution in [2.75, 3.05) is 13.1 Å². The molecule has 0 saturated carbocycles. The van der Waals surface area contributed by atoms with Crippen LogP contribution in [-0.4, -0.2) is 28.9 Å². The average Bonchev–Trinajstić information content (AvgIpc) is 2.77. The maximum Gasteiger partial charge on any atom is 0.256 e. The van der Waals surface area contributed by atoms with Crippen LogP contribution in [0.5, 0.6) is 0 Å². The van der Waals surface area contributed by atoms with Gasteiger partial charge in [0.05, 0.1) is 5.56 Å². The van der Waals surface area contributed by atoms with Crippen molar-refractivity contribution in [2.24, 2.45) is 11.3 Å². The molecule has 0 N–H and O–H groups in total. The summed E-state index contributed by atoms with van der Waals surface area (Å²) in [6, 6.07) is 3.62. The minimum absolute atomic E-state index is 0.0849. The lowest BCUT2D eigenvalue weighted by atomic mass is 9.80. The highest BCUT2D eigenvalue weighted by atomic mass is 79.9. The Bertz CT molecular complexity index is 453. The summed E-state index contributed by atoms with van der Waals surface area (Å²) in [5, 5.41) is 0. The highest BCUT2D eigenvalue weighted by Crippen LogP contribution is 2.34. The number of halogens is 1. The SMILES string of the molecule is CC(C)(C)C1CCN(C(=O)c2cccnc2Br)C1. The molecule has 18 heavy (non-hydrogen) atoms. The van der Waals surface area contributed by atoms with Crippen LogP contribution in [0.2, 0.25) is 0 Å². The van der Waals surface area contributed by atoms with E-state index in [0.29, 0.717) is 16.1 Å². The van der Waals surface area contributed by atoms with Crippen LogP contribution >= 0.6 is 15.9 Å². The average molecular weight is 311 g/mol. The first-order valence-electron chi connectivity index (χ1n) is 6.29. The molecule has 98 valence electrons. The molecule has 2 heterocycles. The van der Waals surface area contributed by atoms with Gasteiger partial charge in [0, 0.05) is 19.3 Å². The van der Waals surface area contributed by atoms with Crippen molar-refractivity contribution < 1.29 is 4.79 Å². The van der Waals surface area contributed by atoms with Crippen molar-refractivity contribution in [1.82, 2.24) is 9.88 Å². The van der Waals surface area contributed by atoms with Gasteiger partial charge in [0.1, 0.15) is 4.60 Å². The lowest BCUT2D eigenvalue weighted by Gasteiger charge is -2.27. The van der Waals surface area contributed by atoms with Crippen LogP contribution in [0.25, 0.3) is 0 Å². The minimum Gasteiger partial charge on any atom is -0.338 e. The molecular weight excluding hydrogens is 292 g/mol. The summed E-state index contributed by atoms with van der Waals surface area (Å²) in [5.41, 5.74) is 0.924. The molecule has 1 aromatic heterocycles. The quantitative estimate of drug-likeness (QED) is 0.745. The fourth-order valence-corrected chi connectivity index (χ4v) is 2.79. The third kappa shape index (κ3) is 2.74. The Morgan fingerprint density at radius 3 is 2.78 bits per heavy atom. The highest BCUT2D eigenvalue weighted by molar-refractivity contribution is 9.10. The second kappa shape index (κ2) is 5.00. The van der Waals surface area contributed by atoms with Gasteiger partial charge in [0.15, 0.2) is 0 Å². The third-order valence-electron chi connectivity index (χ3n) is 3.69. The second-order valence-electron chi connectivity index (χ2n) is 5.94. The monoisotopic (exact) mass is 310 g/mol.